The summed E-state index contributed by atoms with van der Waals surface area (Å²) < 4.78 is 5.39. The molecule has 0 bridgehead atoms. The number of benzene rings is 1. The number of carbonyl (C=O) groups excluding carboxylic acids is 2. The van der Waals surface area contributed by atoms with Gasteiger partial charge in [0.1, 0.15) is 5.75 Å². The van der Waals surface area contributed by atoms with E-state index in [2.05, 4.69) is 5.32 Å². The van der Waals surface area contributed by atoms with Gasteiger partial charge in [-0.15, -0.1) is 0 Å². The maximum absolute atomic E-state index is 11.8. The molecule has 0 saturated carbocycles. The minimum atomic E-state index is -0.0826. The summed E-state index contributed by atoms with van der Waals surface area (Å²) in [5, 5.41) is 2.86. The lowest BCUT2D eigenvalue weighted by Crippen LogP contribution is -2.34. The van der Waals surface area contributed by atoms with E-state index in [1.165, 1.54) is 6.92 Å². The summed E-state index contributed by atoms with van der Waals surface area (Å²) in [4.78, 5) is 25.2. The summed E-state index contributed by atoms with van der Waals surface area (Å²) in [6, 6.07) is 7.32. The molecule has 22 heavy (non-hydrogen) atoms. The number of amides is 2. The molecule has 0 unspecified atom stereocenters. The topological polar surface area (TPSA) is 58.6 Å². The first kappa shape index (κ1) is 18.0. The highest BCUT2D eigenvalue weighted by atomic mass is 16.5. The number of carbonyl (C=O) groups is 2. The van der Waals surface area contributed by atoms with Crippen LogP contribution in [0, 0.1) is 5.92 Å². The van der Waals surface area contributed by atoms with Gasteiger partial charge in [-0.05, 0) is 37.1 Å². The summed E-state index contributed by atoms with van der Waals surface area (Å²) in [5.74, 6) is 1.06. The lowest BCUT2D eigenvalue weighted by Gasteiger charge is -2.21. The molecule has 0 saturated heterocycles. The Balaban J connectivity index is 2.61. The third-order valence-electron chi connectivity index (χ3n) is 3.11. The number of nitrogens with zero attached hydrogens (tertiary/aromatic N) is 1. The van der Waals surface area contributed by atoms with E-state index in [-0.39, 0.29) is 11.8 Å². The quantitative estimate of drug-likeness (QED) is 0.803. The van der Waals surface area contributed by atoms with Crippen molar-refractivity contribution in [1.82, 2.24) is 5.32 Å². The molecular formula is C17H26N2O3. The van der Waals surface area contributed by atoms with E-state index < -0.39 is 0 Å². The zero-order chi connectivity index (χ0) is 16.5. The first-order valence-corrected chi connectivity index (χ1v) is 7.71. The minimum absolute atomic E-state index is 0.0362. The van der Waals surface area contributed by atoms with Gasteiger partial charge in [0.15, 0.2) is 0 Å². The second-order valence-corrected chi connectivity index (χ2v) is 5.55. The summed E-state index contributed by atoms with van der Waals surface area (Å²) >= 11 is 0. The maximum Gasteiger partial charge on any atom is 0.223 e. The Bertz CT molecular complexity index is 483. The molecule has 122 valence electrons. The monoisotopic (exact) mass is 306 g/mol. The van der Waals surface area contributed by atoms with Gasteiger partial charge in [-0.25, -0.2) is 0 Å². The molecule has 1 aromatic carbocycles. The standard InChI is InChI=1S/C17H26N2O3/c1-5-22-16-8-6-15(7-9-16)19(14(4)20)11-10-17(21)18-12-13(2)3/h6-9,13H,5,10-12H2,1-4H3,(H,18,21). The molecule has 2 amide bonds. The van der Waals surface area contributed by atoms with E-state index in [4.69, 9.17) is 4.74 Å². The van der Waals surface area contributed by atoms with Gasteiger partial charge in [-0.2, -0.15) is 0 Å². The van der Waals surface area contributed by atoms with E-state index in [9.17, 15) is 9.59 Å². The molecule has 1 rings (SSSR count). The van der Waals surface area contributed by atoms with Crippen LogP contribution in [-0.4, -0.2) is 31.5 Å². The molecule has 1 N–H and O–H groups in total. The van der Waals surface area contributed by atoms with Gasteiger partial charge in [-0.1, -0.05) is 13.8 Å². The SMILES string of the molecule is CCOc1ccc(N(CCC(=O)NCC(C)C)C(C)=O)cc1. The highest BCUT2D eigenvalue weighted by Gasteiger charge is 2.13. The molecule has 0 aliphatic carbocycles. The van der Waals surface area contributed by atoms with Crippen LogP contribution in [0.4, 0.5) is 5.69 Å². The predicted molar refractivity (Wildman–Crippen MR) is 88.1 cm³/mol. The molecule has 0 aliphatic heterocycles. The normalized spacial score (nSPS) is 10.4. The van der Waals surface area contributed by atoms with Gasteiger partial charge in [0.25, 0.3) is 0 Å². The van der Waals surface area contributed by atoms with Crippen molar-refractivity contribution in [3.8, 4) is 5.75 Å². The molecule has 1 aromatic rings. The van der Waals surface area contributed by atoms with Crippen LogP contribution < -0.4 is 15.0 Å². The molecule has 5 heteroatoms. The highest BCUT2D eigenvalue weighted by molar-refractivity contribution is 5.92. The van der Waals surface area contributed by atoms with Gasteiger partial charge >= 0.3 is 0 Å². The molecule has 0 radical (unpaired) electrons. The summed E-state index contributed by atoms with van der Waals surface area (Å²) in [5.41, 5.74) is 0.771. The van der Waals surface area contributed by atoms with Crippen molar-refractivity contribution in [3.05, 3.63) is 24.3 Å². The van der Waals surface area contributed by atoms with Crippen LogP contribution in [0.5, 0.6) is 5.75 Å². The fourth-order valence-corrected chi connectivity index (χ4v) is 1.98. The lowest BCUT2D eigenvalue weighted by atomic mass is 10.2. The van der Waals surface area contributed by atoms with Gasteiger partial charge in [0.05, 0.1) is 6.61 Å². The van der Waals surface area contributed by atoms with Crippen LogP contribution in [0.2, 0.25) is 0 Å². The van der Waals surface area contributed by atoms with Crippen LogP contribution in [0.3, 0.4) is 0 Å². The fourth-order valence-electron chi connectivity index (χ4n) is 1.98. The molecule has 5 nitrogen and oxygen atoms in total. The van der Waals surface area contributed by atoms with Crippen LogP contribution in [0.15, 0.2) is 24.3 Å². The molecule has 0 atom stereocenters. The Morgan fingerprint density at radius 3 is 2.36 bits per heavy atom. The average Bonchev–Trinajstić information content (AvgIpc) is 2.47. The zero-order valence-electron chi connectivity index (χ0n) is 13.9. The van der Waals surface area contributed by atoms with E-state index >= 15 is 0 Å². The third-order valence-corrected chi connectivity index (χ3v) is 3.11. The van der Waals surface area contributed by atoms with Crippen LogP contribution >= 0.6 is 0 Å². The second kappa shape index (κ2) is 9.07. The van der Waals surface area contributed by atoms with Crippen LogP contribution in [0.25, 0.3) is 0 Å². The van der Waals surface area contributed by atoms with Crippen molar-refractivity contribution < 1.29 is 14.3 Å². The summed E-state index contributed by atoms with van der Waals surface area (Å²) in [7, 11) is 0. The summed E-state index contributed by atoms with van der Waals surface area (Å²) in [6.07, 6.45) is 0.291. The first-order valence-electron chi connectivity index (χ1n) is 7.71. The number of nitrogens with one attached hydrogen (secondary N) is 1. The minimum Gasteiger partial charge on any atom is -0.494 e. The summed E-state index contributed by atoms with van der Waals surface area (Å²) in [6.45, 7) is 9.14. The van der Waals surface area contributed by atoms with Crippen molar-refractivity contribution in [1.29, 1.82) is 0 Å². The molecule has 0 spiro atoms. The first-order chi connectivity index (χ1) is 10.4. The molecule has 0 aliphatic rings. The third kappa shape index (κ3) is 6.16. The molecule has 0 fully saturated rings. The lowest BCUT2D eigenvalue weighted by molar-refractivity contribution is -0.121. The van der Waals surface area contributed by atoms with E-state index in [1.807, 2.05) is 45.0 Å². The Morgan fingerprint density at radius 1 is 1.23 bits per heavy atom. The van der Waals surface area contributed by atoms with Gasteiger partial charge in [0, 0.05) is 32.1 Å². The van der Waals surface area contributed by atoms with E-state index in [0.717, 1.165) is 11.4 Å². The van der Waals surface area contributed by atoms with Crippen LogP contribution in [0.1, 0.15) is 34.1 Å². The molecule has 0 aromatic heterocycles. The number of rotatable bonds is 8. The molecule has 0 heterocycles. The second-order valence-electron chi connectivity index (χ2n) is 5.55. The van der Waals surface area contributed by atoms with Crippen molar-refractivity contribution >= 4 is 17.5 Å². The van der Waals surface area contributed by atoms with E-state index in [1.54, 1.807) is 4.90 Å². The predicted octanol–water partition coefficient (Wildman–Crippen LogP) is 2.60. The Morgan fingerprint density at radius 2 is 1.86 bits per heavy atom. The number of ether oxygens (including phenoxy) is 1. The number of hydrogen-bond donors (Lipinski definition) is 1. The van der Waals surface area contributed by atoms with E-state index in [0.29, 0.717) is 32.0 Å². The zero-order valence-corrected chi connectivity index (χ0v) is 13.9. The van der Waals surface area contributed by atoms with Crippen molar-refractivity contribution in [3.63, 3.8) is 0 Å². The fraction of sp³-hybridized carbons (Fsp3) is 0.529. The Labute approximate surface area is 132 Å². The largest absolute Gasteiger partial charge is 0.494 e. The van der Waals surface area contributed by atoms with Crippen molar-refractivity contribution in [2.45, 2.75) is 34.1 Å². The van der Waals surface area contributed by atoms with Crippen molar-refractivity contribution in [2.24, 2.45) is 5.92 Å². The van der Waals surface area contributed by atoms with Crippen molar-refractivity contribution in [2.75, 3.05) is 24.6 Å². The van der Waals surface area contributed by atoms with Gasteiger partial charge < -0.3 is 15.0 Å². The number of anilines is 1. The average molecular weight is 306 g/mol. The van der Waals surface area contributed by atoms with Crippen LogP contribution in [-0.2, 0) is 9.59 Å². The Hall–Kier alpha value is -2.04. The van der Waals surface area contributed by atoms with Gasteiger partial charge in [0.2, 0.25) is 11.8 Å². The molecular weight excluding hydrogens is 280 g/mol. The number of hydrogen-bond acceptors (Lipinski definition) is 3. The smallest absolute Gasteiger partial charge is 0.223 e. The maximum atomic E-state index is 11.8. The Kier molecular flexibility index (Phi) is 7.43. The highest BCUT2D eigenvalue weighted by Crippen LogP contribution is 2.20. The van der Waals surface area contributed by atoms with Gasteiger partial charge in [-0.3, -0.25) is 9.59 Å².